The molecule has 2 rings (SSSR count). The number of carbonyl (C=O) groups excluding carboxylic acids is 2. The van der Waals surface area contributed by atoms with Crippen LogP contribution in [0.5, 0.6) is 0 Å². The molecule has 2 aliphatic rings. The van der Waals surface area contributed by atoms with Crippen molar-refractivity contribution >= 4 is 23.7 Å². The number of amides is 3. The van der Waals surface area contributed by atoms with E-state index in [0.29, 0.717) is 0 Å². The first kappa shape index (κ1) is 7.67. The van der Waals surface area contributed by atoms with Crippen LogP contribution >= 0.6 is 11.8 Å². The summed E-state index contributed by atoms with van der Waals surface area (Å²) in [4.78, 5) is 22.1. The number of urea groups is 1. The number of thioether (sulfide) groups is 1. The number of hydrogen-bond acceptors (Lipinski definition) is 3. The fraction of sp³-hybridized carbons (Fsp3) is 0.429. The third-order valence-corrected chi connectivity index (χ3v) is 3.18. The largest absolute Gasteiger partial charge is 0.325 e. The van der Waals surface area contributed by atoms with Crippen LogP contribution in [0.3, 0.4) is 0 Å². The lowest BCUT2D eigenvalue weighted by molar-refractivity contribution is -0.123. The van der Waals surface area contributed by atoms with Crippen LogP contribution in [0.2, 0.25) is 0 Å². The fourth-order valence-electron chi connectivity index (χ4n) is 1.39. The van der Waals surface area contributed by atoms with Crippen molar-refractivity contribution in [1.29, 1.82) is 0 Å². The first-order valence-electron chi connectivity index (χ1n) is 3.62. The number of carbonyl (C=O) groups is 2. The molecule has 2 aliphatic heterocycles. The van der Waals surface area contributed by atoms with E-state index in [2.05, 4.69) is 10.6 Å². The number of nitrogens with one attached hydrogen (secondary N) is 2. The molecular formula is C7H8N2O2S. The van der Waals surface area contributed by atoms with Crippen molar-refractivity contribution in [3.8, 4) is 0 Å². The molecule has 0 radical (unpaired) electrons. The van der Waals surface area contributed by atoms with Gasteiger partial charge in [0.15, 0.2) is 0 Å². The summed E-state index contributed by atoms with van der Waals surface area (Å²) in [6.07, 6.45) is 0. The van der Waals surface area contributed by atoms with Gasteiger partial charge in [-0.15, -0.1) is 11.8 Å². The number of fused-ring (bicyclic) bond motifs is 1. The molecular weight excluding hydrogens is 176 g/mol. The minimum atomic E-state index is -0.392. The highest BCUT2D eigenvalue weighted by Gasteiger charge is 2.39. The van der Waals surface area contributed by atoms with Gasteiger partial charge in [0.1, 0.15) is 0 Å². The molecule has 5 heteroatoms. The fourth-order valence-corrected chi connectivity index (χ4v) is 2.57. The maximum atomic E-state index is 11.3. The van der Waals surface area contributed by atoms with Crippen LogP contribution in [-0.4, -0.2) is 17.3 Å². The van der Waals surface area contributed by atoms with Crippen molar-refractivity contribution in [3.05, 3.63) is 11.0 Å². The second-order valence-electron chi connectivity index (χ2n) is 2.86. The van der Waals surface area contributed by atoms with Crippen molar-refractivity contribution in [2.75, 3.05) is 0 Å². The first-order valence-corrected chi connectivity index (χ1v) is 4.56. The molecule has 4 nitrogen and oxygen atoms in total. The van der Waals surface area contributed by atoms with Crippen molar-refractivity contribution in [3.63, 3.8) is 0 Å². The summed E-state index contributed by atoms with van der Waals surface area (Å²) in [7, 11) is 0. The van der Waals surface area contributed by atoms with Gasteiger partial charge >= 0.3 is 6.03 Å². The first-order chi connectivity index (χ1) is 5.68. The van der Waals surface area contributed by atoms with Crippen LogP contribution < -0.4 is 10.6 Å². The second-order valence-corrected chi connectivity index (χ2v) is 3.87. The van der Waals surface area contributed by atoms with E-state index in [4.69, 9.17) is 0 Å². The van der Waals surface area contributed by atoms with Crippen LogP contribution in [0.15, 0.2) is 11.0 Å². The molecule has 64 valence electrons. The van der Waals surface area contributed by atoms with Crippen LogP contribution in [0.4, 0.5) is 4.79 Å². The maximum Gasteiger partial charge on any atom is 0.322 e. The molecule has 2 heterocycles. The molecule has 2 unspecified atom stereocenters. The van der Waals surface area contributed by atoms with Gasteiger partial charge in [0, 0.05) is 0 Å². The third kappa shape index (κ3) is 1.01. The van der Waals surface area contributed by atoms with Crippen molar-refractivity contribution in [2.24, 2.45) is 5.92 Å². The Bertz CT molecular complexity index is 287. The molecule has 0 bridgehead atoms. The van der Waals surface area contributed by atoms with E-state index < -0.39 is 6.03 Å². The van der Waals surface area contributed by atoms with Gasteiger partial charge in [0.25, 0.3) is 0 Å². The Hall–Kier alpha value is -0.970. The zero-order valence-corrected chi connectivity index (χ0v) is 7.27. The van der Waals surface area contributed by atoms with Gasteiger partial charge in [-0.3, -0.25) is 10.1 Å². The lowest BCUT2D eigenvalue weighted by Gasteiger charge is -2.25. The zero-order chi connectivity index (χ0) is 8.72. The highest BCUT2D eigenvalue weighted by Crippen LogP contribution is 2.35. The molecule has 0 saturated carbocycles. The van der Waals surface area contributed by atoms with Crippen LogP contribution in [0, 0.1) is 5.92 Å². The minimum Gasteiger partial charge on any atom is -0.325 e. The second kappa shape index (κ2) is 2.52. The summed E-state index contributed by atoms with van der Waals surface area (Å²) < 4.78 is 0. The van der Waals surface area contributed by atoms with Crippen molar-refractivity contribution < 1.29 is 9.59 Å². The molecule has 0 aromatic heterocycles. The minimum absolute atomic E-state index is 0.0914. The Morgan fingerprint density at radius 3 is 3.00 bits per heavy atom. The average Bonchev–Trinajstić information content (AvgIpc) is 2.31. The van der Waals surface area contributed by atoms with E-state index in [9.17, 15) is 9.59 Å². The van der Waals surface area contributed by atoms with E-state index in [1.165, 1.54) is 11.8 Å². The Balaban J connectivity index is 2.24. The molecule has 1 fully saturated rings. The Morgan fingerprint density at radius 2 is 2.25 bits per heavy atom. The average molecular weight is 184 g/mol. The SMILES string of the molecule is CC1=CSC2NC(=O)NC(=O)C12. The standard InChI is InChI=1S/C7H8N2O2S/c1-3-2-12-6-4(3)5(10)8-7(11)9-6/h2,4,6H,1H3,(H2,8,9,10,11). The molecule has 0 aromatic rings. The van der Waals surface area contributed by atoms with Gasteiger partial charge in [-0.05, 0) is 12.3 Å². The highest BCUT2D eigenvalue weighted by molar-refractivity contribution is 8.03. The van der Waals surface area contributed by atoms with Crippen LogP contribution in [0.1, 0.15) is 6.92 Å². The smallest absolute Gasteiger partial charge is 0.322 e. The van der Waals surface area contributed by atoms with Crippen LogP contribution in [0.25, 0.3) is 0 Å². The van der Waals surface area contributed by atoms with E-state index in [-0.39, 0.29) is 17.2 Å². The predicted molar refractivity (Wildman–Crippen MR) is 45.3 cm³/mol. The van der Waals surface area contributed by atoms with Gasteiger partial charge in [-0.25, -0.2) is 4.79 Å². The summed E-state index contributed by atoms with van der Waals surface area (Å²) in [5.74, 6) is -0.366. The molecule has 0 aliphatic carbocycles. The third-order valence-electron chi connectivity index (χ3n) is 1.99. The summed E-state index contributed by atoms with van der Waals surface area (Å²) in [5.41, 5.74) is 1.02. The lowest BCUT2D eigenvalue weighted by atomic mass is 10.00. The molecule has 0 aromatic carbocycles. The quantitative estimate of drug-likeness (QED) is 0.573. The molecule has 0 spiro atoms. The summed E-state index contributed by atoms with van der Waals surface area (Å²) >= 11 is 1.49. The predicted octanol–water partition coefficient (Wildman–Crippen LogP) is 0.419. The molecule has 3 amide bonds. The van der Waals surface area contributed by atoms with Gasteiger partial charge in [0.05, 0.1) is 11.3 Å². The summed E-state index contributed by atoms with van der Waals surface area (Å²) in [6.45, 7) is 1.90. The van der Waals surface area contributed by atoms with Gasteiger partial charge < -0.3 is 5.32 Å². The summed E-state index contributed by atoms with van der Waals surface area (Å²) in [5, 5.41) is 6.74. The van der Waals surface area contributed by atoms with E-state index in [1.54, 1.807) is 0 Å². The van der Waals surface area contributed by atoms with Crippen LogP contribution in [-0.2, 0) is 4.79 Å². The normalized spacial score (nSPS) is 33.6. The van der Waals surface area contributed by atoms with E-state index >= 15 is 0 Å². The number of rotatable bonds is 0. The molecule has 12 heavy (non-hydrogen) atoms. The molecule has 2 atom stereocenters. The number of hydrogen-bond donors (Lipinski definition) is 2. The highest BCUT2D eigenvalue weighted by atomic mass is 32.2. The van der Waals surface area contributed by atoms with Gasteiger partial charge in [-0.2, -0.15) is 0 Å². The zero-order valence-electron chi connectivity index (χ0n) is 6.46. The van der Waals surface area contributed by atoms with E-state index in [0.717, 1.165) is 5.57 Å². The molecule has 1 saturated heterocycles. The van der Waals surface area contributed by atoms with Crippen molar-refractivity contribution in [1.82, 2.24) is 10.6 Å². The topological polar surface area (TPSA) is 58.2 Å². The Labute approximate surface area is 73.8 Å². The summed E-state index contributed by atoms with van der Waals surface area (Å²) in [6, 6.07) is -0.392. The molecule has 2 N–H and O–H groups in total. The van der Waals surface area contributed by atoms with E-state index in [1.807, 2.05) is 12.3 Å². The van der Waals surface area contributed by atoms with Gasteiger partial charge in [-0.1, -0.05) is 5.57 Å². The maximum absolute atomic E-state index is 11.3. The number of imide groups is 1. The monoisotopic (exact) mass is 184 g/mol. The van der Waals surface area contributed by atoms with Gasteiger partial charge in [0.2, 0.25) is 5.91 Å². The Kier molecular flexibility index (Phi) is 1.61. The lowest BCUT2D eigenvalue weighted by Crippen LogP contribution is -2.55. The Morgan fingerprint density at radius 1 is 1.50 bits per heavy atom. The van der Waals surface area contributed by atoms with Crippen molar-refractivity contribution in [2.45, 2.75) is 12.3 Å².